The van der Waals surface area contributed by atoms with E-state index in [1.165, 1.54) is 12.1 Å². The van der Waals surface area contributed by atoms with Crippen LogP contribution in [0.1, 0.15) is 38.7 Å². The minimum atomic E-state index is -0.331. The number of likely N-dealkylation sites (tertiary alicyclic amines) is 1. The van der Waals surface area contributed by atoms with Gasteiger partial charge in [0.25, 0.3) is 0 Å². The summed E-state index contributed by atoms with van der Waals surface area (Å²) >= 11 is 6.24. The average Bonchev–Trinajstić information content (AvgIpc) is 2.63. The molecule has 0 aromatic heterocycles. The molecule has 2 rings (SSSR count). The number of carbonyl (C=O) groups is 1. The number of amides is 1. The first-order valence-electron chi connectivity index (χ1n) is 9.38. The fraction of sp³-hybridized carbons (Fsp3) is 0.600. The number of guanidine groups is 1. The molecule has 1 aromatic carbocycles. The van der Waals surface area contributed by atoms with Gasteiger partial charge in [0.05, 0.1) is 0 Å². The van der Waals surface area contributed by atoms with Crippen molar-refractivity contribution in [3.63, 3.8) is 0 Å². The highest BCUT2D eigenvalue weighted by Crippen LogP contribution is 2.30. The van der Waals surface area contributed by atoms with Crippen molar-refractivity contribution in [1.82, 2.24) is 15.5 Å². The number of carbonyl (C=O) groups excluding carboxylic acids is 1. The maximum absolute atomic E-state index is 13.3. The monoisotopic (exact) mass is 524 g/mol. The van der Waals surface area contributed by atoms with E-state index < -0.39 is 0 Å². The maximum atomic E-state index is 13.3. The van der Waals surface area contributed by atoms with Crippen molar-refractivity contribution in [2.45, 2.75) is 38.5 Å². The number of nitrogens with zero attached hydrogens (tertiary/aromatic N) is 2. The summed E-state index contributed by atoms with van der Waals surface area (Å²) in [7, 11) is 3.45. The van der Waals surface area contributed by atoms with Crippen LogP contribution in [0.3, 0.4) is 0 Å². The van der Waals surface area contributed by atoms with Crippen molar-refractivity contribution in [1.29, 1.82) is 0 Å². The Morgan fingerprint density at radius 3 is 2.54 bits per heavy atom. The number of hydrogen-bond donors (Lipinski definition) is 2. The molecule has 0 radical (unpaired) electrons. The number of aliphatic imine (C=N–C) groups is 1. The average molecular weight is 525 g/mol. The van der Waals surface area contributed by atoms with Gasteiger partial charge in [0, 0.05) is 50.6 Å². The van der Waals surface area contributed by atoms with Crippen molar-refractivity contribution < 1.29 is 9.18 Å². The van der Waals surface area contributed by atoms with E-state index in [1.807, 2.05) is 0 Å². The zero-order chi connectivity index (χ0) is 20.0. The third kappa shape index (κ3) is 6.76. The number of hydrogen-bond acceptors (Lipinski definition) is 2. The third-order valence-electron chi connectivity index (χ3n) is 5.23. The SMILES string of the molecule is CN=C(NCC(C)(C)c1ccc(F)cc1Cl)N1CCC(CC(=O)NC)CC1.I. The van der Waals surface area contributed by atoms with E-state index in [0.717, 1.165) is 37.5 Å². The Hall–Kier alpha value is -1.09. The van der Waals surface area contributed by atoms with Crippen LogP contribution in [0.2, 0.25) is 5.02 Å². The highest BCUT2D eigenvalue weighted by molar-refractivity contribution is 14.0. The van der Waals surface area contributed by atoms with E-state index in [1.54, 1.807) is 20.2 Å². The number of rotatable bonds is 5. The molecule has 0 saturated carbocycles. The van der Waals surface area contributed by atoms with Crippen LogP contribution in [0.25, 0.3) is 0 Å². The molecule has 0 unspecified atom stereocenters. The van der Waals surface area contributed by atoms with E-state index in [4.69, 9.17) is 11.6 Å². The molecule has 158 valence electrons. The lowest BCUT2D eigenvalue weighted by Gasteiger charge is -2.35. The molecule has 1 fully saturated rings. The van der Waals surface area contributed by atoms with Crippen LogP contribution in [-0.4, -0.2) is 50.5 Å². The molecule has 1 aromatic rings. The first-order valence-corrected chi connectivity index (χ1v) is 9.76. The van der Waals surface area contributed by atoms with Gasteiger partial charge < -0.3 is 15.5 Å². The van der Waals surface area contributed by atoms with Gasteiger partial charge in [0.15, 0.2) is 5.96 Å². The number of benzene rings is 1. The Balaban J connectivity index is 0.00000392. The van der Waals surface area contributed by atoms with Gasteiger partial charge in [-0.05, 0) is 36.5 Å². The molecule has 2 N–H and O–H groups in total. The molecule has 1 aliphatic heterocycles. The molecule has 28 heavy (non-hydrogen) atoms. The lowest BCUT2D eigenvalue weighted by molar-refractivity contribution is -0.121. The summed E-state index contributed by atoms with van der Waals surface area (Å²) < 4.78 is 13.3. The summed E-state index contributed by atoms with van der Waals surface area (Å²) in [6.07, 6.45) is 2.54. The summed E-state index contributed by atoms with van der Waals surface area (Å²) in [5.41, 5.74) is 0.621. The van der Waals surface area contributed by atoms with Crippen molar-refractivity contribution in [2.75, 3.05) is 33.7 Å². The van der Waals surface area contributed by atoms with Gasteiger partial charge in [0.2, 0.25) is 5.91 Å². The quantitative estimate of drug-likeness (QED) is 0.350. The molecule has 0 atom stereocenters. The second-order valence-electron chi connectivity index (χ2n) is 7.72. The summed E-state index contributed by atoms with van der Waals surface area (Å²) in [5, 5.41) is 6.56. The Kier molecular flexibility index (Phi) is 9.97. The van der Waals surface area contributed by atoms with Crippen LogP contribution in [-0.2, 0) is 10.2 Å². The summed E-state index contributed by atoms with van der Waals surface area (Å²) in [6.45, 7) is 6.52. The minimum absolute atomic E-state index is 0. The molecule has 1 aliphatic rings. The highest BCUT2D eigenvalue weighted by atomic mass is 127. The van der Waals surface area contributed by atoms with Gasteiger partial charge in [-0.2, -0.15) is 0 Å². The molecule has 5 nitrogen and oxygen atoms in total. The van der Waals surface area contributed by atoms with Crippen LogP contribution < -0.4 is 10.6 Å². The molecule has 0 aliphatic carbocycles. The van der Waals surface area contributed by atoms with Gasteiger partial charge in [-0.1, -0.05) is 31.5 Å². The van der Waals surface area contributed by atoms with E-state index in [9.17, 15) is 9.18 Å². The Morgan fingerprint density at radius 1 is 1.36 bits per heavy atom. The largest absolute Gasteiger partial charge is 0.359 e. The van der Waals surface area contributed by atoms with Gasteiger partial charge in [0.1, 0.15) is 5.82 Å². The Labute approximate surface area is 189 Å². The van der Waals surface area contributed by atoms with Gasteiger partial charge in [-0.3, -0.25) is 9.79 Å². The summed E-state index contributed by atoms with van der Waals surface area (Å²) in [6, 6.07) is 4.53. The van der Waals surface area contributed by atoms with E-state index in [2.05, 4.69) is 34.4 Å². The fourth-order valence-electron chi connectivity index (χ4n) is 3.48. The van der Waals surface area contributed by atoms with Gasteiger partial charge in [-0.25, -0.2) is 4.39 Å². The van der Waals surface area contributed by atoms with E-state index in [0.29, 0.717) is 23.9 Å². The minimum Gasteiger partial charge on any atom is -0.359 e. The lowest BCUT2D eigenvalue weighted by Crippen LogP contribution is -2.48. The van der Waals surface area contributed by atoms with E-state index >= 15 is 0 Å². The van der Waals surface area contributed by atoms with Crippen LogP contribution in [0.5, 0.6) is 0 Å². The standard InChI is InChI=1S/C20H30ClFN4O.HI/c1-20(2,16-6-5-15(22)12-17(16)21)13-25-19(24-4)26-9-7-14(8-10-26)11-18(27)23-3;/h5-6,12,14H,7-11,13H2,1-4H3,(H,23,27)(H,24,25);1H. The molecule has 1 saturated heterocycles. The Morgan fingerprint density at radius 2 is 2.00 bits per heavy atom. The fourth-order valence-corrected chi connectivity index (χ4v) is 3.90. The zero-order valence-corrected chi connectivity index (χ0v) is 20.1. The van der Waals surface area contributed by atoms with Gasteiger partial charge in [-0.15, -0.1) is 24.0 Å². The second-order valence-corrected chi connectivity index (χ2v) is 8.12. The Bertz CT molecular complexity index is 691. The summed E-state index contributed by atoms with van der Waals surface area (Å²) in [5.74, 6) is 1.05. The number of piperidine rings is 1. The van der Waals surface area contributed by atoms with Crippen molar-refractivity contribution in [2.24, 2.45) is 10.9 Å². The van der Waals surface area contributed by atoms with Crippen LogP contribution in [0.4, 0.5) is 4.39 Å². The number of nitrogens with one attached hydrogen (secondary N) is 2. The van der Waals surface area contributed by atoms with Crippen molar-refractivity contribution in [3.8, 4) is 0 Å². The van der Waals surface area contributed by atoms with Crippen molar-refractivity contribution in [3.05, 3.63) is 34.6 Å². The normalized spacial score (nSPS) is 15.8. The molecule has 0 bridgehead atoms. The number of halogens is 3. The maximum Gasteiger partial charge on any atom is 0.220 e. The molecular formula is C20H31ClFIN4O. The topological polar surface area (TPSA) is 56.7 Å². The van der Waals surface area contributed by atoms with Crippen LogP contribution in [0.15, 0.2) is 23.2 Å². The van der Waals surface area contributed by atoms with Crippen LogP contribution in [0, 0.1) is 11.7 Å². The van der Waals surface area contributed by atoms with Crippen LogP contribution >= 0.6 is 35.6 Å². The van der Waals surface area contributed by atoms with E-state index in [-0.39, 0.29) is 41.1 Å². The third-order valence-corrected chi connectivity index (χ3v) is 5.54. The lowest BCUT2D eigenvalue weighted by atomic mass is 9.84. The molecule has 1 amide bonds. The molecule has 1 heterocycles. The highest BCUT2D eigenvalue weighted by Gasteiger charge is 2.27. The molecule has 0 spiro atoms. The zero-order valence-electron chi connectivity index (χ0n) is 17.0. The first-order chi connectivity index (χ1) is 12.8. The second kappa shape index (κ2) is 11.2. The summed E-state index contributed by atoms with van der Waals surface area (Å²) in [4.78, 5) is 18.2. The predicted molar refractivity (Wildman–Crippen MR) is 124 cm³/mol. The smallest absolute Gasteiger partial charge is 0.220 e. The van der Waals surface area contributed by atoms with Crippen molar-refractivity contribution >= 4 is 47.4 Å². The predicted octanol–water partition coefficient (Wildman–Crippen LogP) is 3.80. The first kappa shape index (κ1) is 24.9. The molecular weight excluding hydrogens is 494 g/mol. The molecule has 8 heteroatoms. The van der Waals surface area contributed by atoms with Gasteiger partial charge >= 0.3 is 0 Å².